The van der Waals surface area contributed by atoms with Crippen LogP contribution in [0.25, 0.3) is 10.2 Å². The van der Waals surface area contributed by atoms with Crippen molar-refractivity contribution in [3.05, 3.63) is 53.7 Å². The van der Waals surface area contributed by atoms with Crippen LogP contribution in [0.2, 0.25) is 0 Å². The molecule has 1 aromatic carbocycles. The Labute approximate surface area is 171 Å². The molecule has 3 aromatic heterocycles. The number of fused-ring (bicyclic) bond motifs is 1. The molecule has 1 amide bonds. The van der Waals surface area contributed by atoms with E-state index in [1.165, 1.54) is 11.3 Å². The lowest BCUT2D eigenvalue weighted by molar-refractivity contribution is 0.0974. The SMILES string of the molecule is COc1ccc(OC)c2sc(N(Cc3ccco3)C(=O)c3cc(C)nn3C)nc12. The first-order chi connectivity index (χ1) is 14.0. The number of ether oxygens (including phenoxy) is 2. The summed E-state index contributed by atoms with van der Waals surface area (Å²) in [5.74, 6) is 1.72. The van der Waals surface area contributed by atoms with Gasteiger partial charge in [-0.15, -0.1) is 0 Å². The topological polar surface area (TPSA) is 82.6 Å². The number of anilines is 1. The van der Waals surface area contributed by atoms with Crippen LogP contribution >= 0.6 is 11.3 Å². The number of aryl methyl sites for hydroxylation is 2. The zero-order valence-electron chi connectivity index (χ0n) is 16.5. The minimum absolute atomic E-state index is 0.221. The van der Waals surface area contributed by atoms with E-state index in [0.717, 1.165) is 10.4 Å². The molecular formula is C20H20N4O4S. The summed E-state index contributed by atoms with van der Waals surface area (Å²) in [6.07, 6.45) is 1.58. The molecule has 150 valence electrons. The summed E-state index contributed by atoms with van der Waals surface area (Å²) in [4.78, 5) is 19.7. The molecule has 4 aromatic rings. The van der Waals surface area contributed by atoms with Gasteiger partial charge in [0.05, 0.1) is 32.7 Å². The Morgan fingerprint density at radius 3 is 2.62 bits per heavy atom. The standard InChI is InChI=1S/C20H20N4O4S/c1-12-10-14(23(2)22-12)19(25)24(11-13-6-5-9-28-13)20-21-17-15(26-3)7-8-16(27-4)18(17)29-20/h5-10H,11H2,1-4H3. The minimum Gasteiger partial charge on any atom is -0.495 e. The van der Waals surface area contributed by atoms with Gasteiger partial charge >= 0.3 is 0 Å². The van der Waals surface area contributed by atoms with E-state index in [0.29, 0.717) is 33.6 Å². The summed E-state index contributed by atoms with van der Waals surface area (Å²) in [6.45, 7) is 2.08. The fourth-order valence-electron chi connectivity index (χ4n) is 3.12. The third kappa shape index (κ3) is 3.44. The summed E-state index contributed by atoms with van der Waals surface area (Å²) >= 11 is 1.36. The lowest BCUT2D eigenvalue weighted by Gasteiger charge is -2.18. The first kappa shape index (κ1) is 19.0. The molecule has 0 saturated heterocycles. The van der Waals surface area contributed by atoms with Crippen LogP contribution in [0.15, 0.2) is 41.0 Å². The van der Waals surface area contributed by atoms with Gasteiger partial charge in [0.2, 0.25) is 0 Å². The van der Waals surface area contributed by atoms with Gasteiger partial charge in [0, 0.05) is 7.05 Å². The predicted octanol–water partition coefficient (Wildman–Crippen LogP) is 3.80. The maximum Gasteiger partial charge on any atom is 0.278 e. The van der Waals surface area contributed by atoms with E-state index < -0.39 is 0 Å². The second-order valence-electron chi connectivity index (χ2n) is 6.41. The van der Waals surface area contributed by atoms with Gasteiger partial charge in [-0.1, -0.05) is 11.3 Å². The summed E-state index contributed by atoms with van der Waals surface area (Å²) in [5.41, 5.74) is 1.87. The largest absolute Gasteiger partial charge is 0.495 e. The van der Waals surface area contributed by atoms with E-state index in [1.807, 2.05) is 19.1 Å². The molecule has 0 bridgehead atoms. The van der Waals surface area contributed by atoms with E-state index in [1.54, 1.807) is 55.3 Å². The second-order valence-corrected chi connectivity index (χ2v) is 7.39. The number of hydrogen-bond donors (Lipinski definition) is 0. The zero-order valence-corrected chi connectivity index (χ0v) is 17.3. The number of thiazole rings is 1. The van der Waals surface area contributed by atoms with Crippen molar-refractivity contribution in [1.29, 1.82) is 0 Å². The molecule has 0 spiro atoms. The van der Waals surface area contributed by atoms with Crippen molar-refractivity contribution >= 4 is 32.6 Å². The van der Waals surface area contributed by atoms with Crippen molar-refractivity contribution in [2.24, 2.45) is 7.05 Å². The number of aromatic nitrogens is 3. The highest BCUT2D eigenvalue weighted by atomic mass is 32.1. The normalized spacial score (nSPS) is 11.0. The first-order valence-electron chi connectivity index (χ1n) is 8.88. The van der Waals surface area contributed by atoms with Crippen molar-refractivity contribution < 1.29 is 18.7 Å². The smallest absolute Gasteiger partial charge is 0.278 e. The maximum atomic E-state index is 13.4. The molecule has 9 heteroatoms. The van der Waals surface area contributed by atoms with E-state index in [-0.39, 0.29) is 12.5 Å². The Bertz CT molecular complexity index is 1120. The molecule has 4 rings (SSSR count). The van der Waals surface area contributed by atoms with E-state index in [2.05, 4.69) is 5.10 Å². The van der Waals surface area contributed by atoms with Crippen LogP contribution in [0.5, 0.6) is 11.5 Å². The lowest BCUT2D eigenvalue weighted by Crippen LogP contribution is -2.31. The highest BCUT2D eigenvalue weighted by Crippen LogP contribution is 2.40. The number of carbonyl (C=O) groups excluding carboxylic acids is 1. The Morgan fingerprint density at radius 1 is 1.24 bits per heavy atom. The summed E-state index contributed by atoms with van der Waals surface area (Å²) in [5, 5.41) is 4.81. The molecule has 0 aliphatic carbocycles. The third-order valence-corrected chi connectivity index (χ3v) is 5.58. The molecule has 0 unspecified atom stereocenters. The average Bonchev–Trinajstić information content (AvgIpc) is 3.44. The van der Waals surface area contributed by atoms with Crippen LogP contribution in [0.1, 0.15) is 21.9 Å². The molecule has 0 fully saturated rings. The maximum absolute atomic E-state index is 13.4. The minimum atomic E-state index is -0.221. The fraction of sp³-hybridized carbons (Fsp3) is 0.250. The molecule has 0 aliphatic heterocycles. The van der Waals surface area contributed by atoms with Crippen molar-refractivity contribution in [2.75, 3.05) is 19.1 Å². The summed E-state index contributed by atoms with van der Waals surface area (Å²) in [6, 6.07) is 8.99. The second kappa shape index (κ2) is 7.59. The molecule has 0 atom stereocenters. The number of furan rings is 1. The zero-order chi connectivity index (χ0) is 20.5. The van der Waals surface area contributed by atoms with Crippen molar-refractivity contribution in [3.63, 3.8) is 0 Å². The Morgan fingerprint density at radius 2 is 2.00 bits per heavy atom. The van der Waals surface area contributed by atoms with Gasteiger partial charge in [0.1, 0.15) is 33.2 Å². The highest BCUT2D eigenvalue weighted by Gasteiger charge is 2.26. The predicted molar refractivity (Wildman–Crippen MR) is 110 cm³/mol. The van der Waals surface area contributed by atoms with Gasteiger partial charge in [-0.2, -0.15) is 5.10 Å². The van der Waals surface area contributed by atoms with Gasteiger partial charge in [-0.05, 0) is 37.3 Å². The quantitative estimate of drug-likeness (QED) is 0.479. The molecule has 0 aliphatic rings. The number of hydrogen-bond acceptors (Lipinski definition) is 7. The van der Waals surface area contributed by atoms with Crippen molar-refractivity contribution in [1.82, 2.24) is 14.8 Å². The average molecular weight is 412 g/mol. The Kier molecular flexibility index (Phi) is 4.98. The number of benzene rings is 1. The summed E-state index contributed by atoms with van der Waals surface area (Å²) in [7, 11) is 4.94. The van der Waals surface area contributed by atoms with Crippen LogP contribution in [-0.2, 0) is 13.6 Å². The lowest BCUT2D eigenvalue weighted by atomic mass is 10.3. The Balaban J connectivity index is 1.84. The number of amides is 1. The first-order valence-corrected chi connectivity index (χ1v) is 9.70. The molecule has 0 N–H and O–H groups in total. The van der Waals surface area contributed by atoms with Crippen LogP contribution in [0.4, 0.5) is 5.13 Å². The third-order valence-electron chi connectivity index (χ3n) is 4.49. The van der Waals surface area contributed by atoms with Crippen LogP contribution < -0.4 is 14.4 Å². The molecule has 0 saturated carbocycles. The molecule has 29 heavy (non-hydrogen) atoms. The number of rotatable bonds is 6. The van der Waals surface area contributed by atoms with Crippen LogP contribution in [0, 0.1) is 6.92 Å². The van der Waals surface area contributed by atoms with Crippen LogP contribution in [-0.4, -0.2) is 34.9 Å². The van der Waals surface area contributed by atoms with Crippen molar-refractivity contribution in [2.45, 2.75) is 13.5 Å². The van der Waals surface area contributed by atoms with E-state index in [9.17, 15) is 4.79 Å². The van der Waals surface area contributed by atoms with E-state index >= 15 is 0 Å². The molecule has 0 radical (unpaired) electrons. The van der Waals surface area contributed by atoms with E-state index in [4.69, 9.17) is 18.9 Å². The molecule has 3 heterocycles. The Hall–Kier alpha value is -3.33. The van der Waals surface area contributed by atoms with Crippen LogP contribution in [0.3, 0.4) is 0 Å². The monoisotopic (exact) mass is 412 g/mol. The van der Waals surface area contributed by atoms with Gasteiger partial charge in [-0.3, -0.25) is 14.4 Å². The highest BCUT2D eigenvalue weighted by molar-refractivity contribution is 7.22. The van der Waals surface area contributed by atoms with Gasteiger partial charge < -0.3 is 13.9 Å². The molecular weight excluding hydrogens is 392 g/mol. The van der Waals surface area contributed by atoms with Crippen molar-refractivity contribution in [3.8, 4) is 11.5 Å². The number of methoxy groups -OCH3 is 2. The van der Waals surface area contributed by atoms with Gasteiger partial charge in [0.25, 0.3) is 5.91 Å². The van der Waals surface area contributed by atoms with Gasteiger partial charge in [-0.25, -0.2) is 4.98 Å². The molecule has 8 nitrogen and oxygen atoms in total. The summed E-state index contributed by atoms with van der Waals surface area (Å²) < 4.78 is 18.8. The fourth-order valence-corrected chi connectivity index (χ4v) is 4.20. The van der Waals surface area contributed by atoms with Gasteiger partial charge in [0.15, 0.2) is 5.13 Å². The number of nitrogens with zero attached hydrogens (tertiary/aromatic N) is 4. The number of carbonyl (C=O) groups is 1.